The summed E-state index contributed by atoms with van der Waals surface area (Å²) < 4.78 is 0. The number of phenols is 3. The Labute approximate surface area is 201 Å². The van der Waals surface area contributed by atoms with Crippen LogP contribution in [0.2, 0.25) is 5.02 Å². The van der Waals surface area contributed by atoms with Gasteiger partial charge in [-0.05, 0) is 47.0 Å². The van der Waals surface area contributed by atoms with Gasteiger partial charge in [-0.15, -0.1) is 0 Å². The third kappa shape index (κ3) is 3.76. The zero-order valence-corrected chi connectivity index (χ0v) is 18.7. The number of amides is 1. The van der Waals surface area contributed by atoms with E-state index >= 15 is 0 Å². The molecule has 0 spiro atoms. The minimum Gasteiger partial charge on any atom is -0.504 e. The number of anilines is 1. The summed E-state index contributed by atoms with van der Waals surface area (Å²) in [7, 11) is 0. The number of rotatable bonds is 4. The van der Waals surface area contributed by atoms with Gasteiger partial charge in [0.1, 0.15) is 0 Å². The Morgan fingerprint density at radius 3 is 2.03 bits per heavy atom. The van der Waals surface area contributed by atoms with E-state index in [1.807, 2.05) is 66.7 Å². The first-order valence-electron chi connectivity index (χ1n) is 10.6. The standard InChI is InChI=1S/C28H20ClNO4/c29-20-12-10-19(11-13-20)25(18-6-2-1-3-7-18)26-21-8-4-5-9-22(21)30(28(26)34)16-17-14-23(31)27(33)24(32)15-17/h1-15,31-33H,16H2/b26-25-. The molecule has 1 heterocycles. The zero-order valence-electron chi connectivity index (χ0n) is 17.9. The predicted octanol–water partition coefficient (Wildman–Crippen LogP) is 5.96. The average Bonchev–Trinajstić information content (AvgIpc) is 3.11. The van der Waals surface area contributed by atoms with E-state index in [0.29, 0.717) is 16.2 Å². The largest absolute Gasteiger partial charge is 0.504 e. The Morgan fingerprint density at radius 1 is 0.765 bits per heavy atom. The molecule has 0 unspecified atom stereocenters. The highest BCUT2D eigenvalue weighted by atomic mass is 35.5. The molecule has 0 aromatic heterocycles. The number of phenolic OH excluding ortho intramolecular Hbond substituents is 3. The summed E-state index contributed by atoms with van der Waals surface area (Å²) >= 11 is 6.13. The van der Waals surface area contributed by atoms with Gasteiger partial charge < -0.3 is 20.2 Å². The molecule has 34 heavy (non-hydrogen) atoms. The molecular weight excluding hydrogens is 450 g/mol. The number of aromatic hydroxyl groups is 3. The second-order valence-corrected chi connectivity index (χ2v) is 8.45. The minimum atomic E-state index is -0.591. The quantitative estimate of drug-likeness (QED) is 0.254. The van der Waals surface area contributed by atoms with Crippen molar-refractivity contribution in [2.24, 2.45) is 0 Å². The lowest BCUT2D eigenvalue weighted by molar-refractivity contribution is -0.113. The summed E-state index contributed by atoms with van der Waals surface area (Å²) in [5.74, 6) is -1.69. The highest BCUT2D eigenvalue weighted by molar-refractivity contribution is 6.39. The van der Waals surface area contributed by atoms with Crippen molar-refractivity contribution in [2.75, 3.05) is 4.90 Å². The first kappa shape index (κ1) is 21.6. The van der Waals surface area contributed by atoms with E-state index in [4.69, 9.17) is 11.6 Å². The third-order valence-electron chi connectivity index (χ3n) is 5.84. The molecule has 168 valence electrons. The predicted molar refractivity (Wildman–Crippen MR) is 133 cm³/mol. The van der Waals surface area contributed by atoms with Crippen LogP contribution in [0, 0.1) is 0 Å². The van der Waals surface area contributed by atoms with Crippen molar-refractivity contribution in [3.05, 3.63) is 118 Å². The zero-order chi connectivity index (χ0) is 23.8. The summed E-state index contributed by atoms with van der Waals surface area (Å²) in [6.07, 6.45) is 0. The molecular formula is C28H20ClNO4. The Morgan fingerprint density at radius 2 is 1.35 bits per heavy atom. The number of carbonyl (C=O) groups is 1. The van der Waals surface area contributed by atoms with Crippen LogP contribution < -0.4 is 4.90 Å². The average molecular weight is 470 g/mol. The SMILES string of the molecule is O=C1/C(=C(/c2ccccc2)c2ccc(Cl)cc2)c2ccccc2N1Cc1cc(O)c(O)c(O)c1. The molecule has 5 nitrogen and oxygen atoms in total. The van der Waals surface area contributed by atoms with E-state index < -0.39 is 17.2 Å². The molecule has 0 saturated heterocycles. The maximum absolute atomic E-state index is 13.9. The first-order chi connectivity index (χ1) is 16.4. The lowest BCUT2D eigenvalue weighted by atomic mass is 9.90. The highest BCUT2D eigenvalue weighted by Gasteiger charge is 2.35. The van der Waals surface area contributed by atoms with Gasteiger partial charge in [0.2, 0.25) is 0 Å². The van der Waals surface area contributed by atoms with Crippen LogP contribution >= 0.6 is 11.6 Å². The van der Waals surface area contributed by atoms with E-state index in [1.54, 1.807) is 17.0 Å². The Bertz CT molecular complexity index is 1410. The van der Waals surface area contributed by atoms with Gasteiger partial charge in [-0.25, -0.2) is 0 Å². The van der Waals surface area contributed by atoms with Gasteiger partial charge in [-0.3, -0.25) is 4.79 Å². The van der Waals surface area contributed by atoms with Gasteiger partial charge in [0.25, 0.3) is 5.91 Å². The van der Waals surface area contributed by atoms with Gasteiger partial charge in [-0.2, -0.15) is 0 Å². The topological polar surface area (TPSA) is 81.0 Å². The van der Waals surface area contributed by atoms with Gasteiger partial charge in [0.05, 0.1) is 17.8 Å². The van der Waals surface area contributed by atoms with E-state index in [2.05, 4.69) is 0 Å². The summed E-state index contributed by atoms with van der Waals surface area (Å²) in [4.78, 5) is 15.5. The number of halogens is 1. The van der Waals surface area contributed by atoms with Crippen molar-refractivity contribution in [2.45, 2.75) is 6.54 Å². The van der Waals surface area contributed by atoms with E-state index in [-0.39, 0.29) is 12.5 Å². The molecule has 3 N–H and O–H groups in total. The van der Waals surface area contributed by atoms with Crippen molar-refractivity contribution in [3.63, 3.8) is 0 Å². The number of para-hydroxylation sites is 1. The number of nitrogens with zero attached hydrogens (tertiary/aromatic N) is 1. The molecule has 5 rings (SSSR count). The summed E-state index contributed by atoms with van der Waals surface area (Å²) in [6.45, 7) is 0.101. The molecule has 0 atom stereocenters. The molecule has 1 aliphatic rings. The monoisotopic (exact) mass is 469 g/mol. The van der Waals surface area contributed by atoms with E-state index in [1.165, 1.54) is 12.1 Å². The van der Waals surface area contributed by atoms with Gasteiger partial charge in [0, 0.05) is 16.2 Å². The lowest BCUT2D eigenvalue weighted by Gasteiger charge is -2.18. The molecule has 0 saturated carbocycles. The number of hydrogen-bond donors (Lipinski definition) is 3. The van der Waals surface area contributed by atoms with Gasteiger partial charge in [-0.1, -0.05) is 72.3 Å². The smallest absolute Gasteiger partial charge is 0.259 e. The number of hydrogen-bond acceptors (Lipinski definition) is 4. The molecule has 4 aromatic carbocycles. The normalized spacial score (nSPS) is 14.3. The number of benzene rings is 4. The Kier molecular flexibility index (Phi) is 5.48. The Hall–Kier alpha value is -4.22. The third-order valence-corrected chi connectivity index (χ3v) is 6.09. The van der Waals surface area contributed by atoms with E-state index in [9.17, 15) is 20.1 Å². The van der Waals surface area contributed by atoms with Crippen LogP contribution in [0.3, 0.4) is 0 Å². The van der Waals surface area contributed by atoms with Crippen LogP contribution in [0.1, 0.15) is 22.3 Å². The molecule has 4 aromatic rings. The van der Waals surface area contributed by atoms with E-state index in [0.717, 1.165) is 28.0 Å². The number of fused-ring (bicyclic) bond motifs is 1. The second-order valence-electron chi connectivity index (χ2n) is 8.01. The fourth-order valence-corrected chi connectivity index (χ4v) is 4.42. The van der Waals surface area contributed by atoms with Gasteiger partial charge >= 0.3 is 0 Å². The summed E-state index contributed by atoms with van der Waals surface area (Å²) in [6, 6.07) is 27.3. The summed E-state index contributed by atoms with van der Waals surface area (Å²) in [5, 5.41) is 30.2. The molecule has 6 heteroatoms. The van der Waals surface area contributed by atoms with Crippen molar-refractivity contribution >= 4 is 34.3 Å². The van der Waals surface area contributed by atoms with Crippen molar-refractivity contribution in [1.82, 2.24) is 0 Å². The summed E-state index contributed by atoms with van der Waals surface area (Å²) in [5.41, 5.74) is 5.07. The maximum Gasteiger partial charge on any atom is 0.259 e. The van der Waals surface area contributed by atoms with Crippen LogP contribution in [0.15, 0.2) is 91.0 Å². The van der Waals surface area contributed by atoms with Crippen LogP contribution in [0.25, 0.3) is 11.1 Å². The fraction of sp³-hybridized carbons (Fsp3) is 0.0357. The molecule has 0 aliphatic carbocycles. The van der Waals surface area contributed by atoms with Crippen LogP contribution in [0.5, 0.6) is 17.2 Å². The minimum absolute atomic E-state index is 0.101. The van der Waals surface area contributed by atoms with Crippen molar-refractivity contribution in [3.8, 4) is 17.2 Å². The Balaban J connectivity index is 1.70. The fourth-order valence-electron chi connectivity index (χ4n) is 4.29. The van der Waals surface area contributed by atoms with Crippen LogP contribution in [-0.4, -0.2) is 21.2 Å². The molecule has 0 radical (unpaired) electrons. The van der Waals surface area contributed by atoms with Crippen molar-refractivity contribution in [1.29, 1.82) is 0 Å². The van der Waals surface area contributed by atoms with Gasteiger partial charge in [0.15, 0.2) is 17.2 Å². The highest BCUT2D eigenvalue weighted by Crippen LogP contribution is 2.44. The molecule has 0 fully saturated rings. The van der Waals surface area contributed by atoms with Crippen LogP contribution in [0.4, 0.5) is 5.69 Å². The maximum atomic E-state index is 13.9. The molecule has 0 bridgehead atoms. The molecule has 1 amide bonds. The van der Waals surface area contributed by atoms with Crippen molar-refractivity contribution < 1.29 is 20.1 Å². The van der Waals surface area contributed by atoms with Crippen LogP contribution in [-0.2, 0) is 11.3 Å². The second kappa shape index (κ2) is 8.61. The lowest BCUT2D eigenvalue weighted by Crippen LogP contribution is -2.26. The first-order valence-corrected chi connectivity index (χ1v) is 11.0. The number of carbonyl (C=O) groups excluding carboxylic acids is 1. The molecule has 1 aliphatic heterocycles.